The Labute approximate surface area is 99.2 Å². The van der Waals surface area contributed by atoms with Crippen LogP contribution >= 0.6 is 0 Å². The lowest BCUT2D eigenvalue weighted by atomic mass is 10.00. The molecular formula is C13H14O4. The van der Waals surface area contributed by atoms with Gasteiger partial charge in [-0.3, -0.25) is 9.59 Å². The first-order valence-corrected chi connectivity index (χ1v) is 5.12. The fourth-order valence-corrected chi connectivity index (χ4v) is 1.46. The first-order valence-electron chi connectivity index (χ1n) is 5.12. The normalized spacial score (nSPS) is 9.76. The van der Waals surface area contributed by atoms with Crippen molar-refractivity contribution in [3.63, 3.8) is 0 Å². The van der Waals surface area contributed by atoms with E-state index < -0.39 is 0 Å². The molecule has 2 N–H and O–H groups in total. The smallest absolute Gasteiger partial charge is 0.154 e. The maximum Gasteiger partial charge on any atom is 0.154 e. The lowest BCUT2D eigenvalue weighted by Gasteiger charge is -2.09. The van der Waals surface area contributed by atoms with Crippen molar-refractivity contribution in [2.45, 2.75) is 20.3 Å². The van der Waals surface area contributed by atoms with Crippen molar-refractivity contribution in [1.29, 1.82) is 0 Å². The Balaban J connectivity index is 3.36. The summed E-state index contributed by atoms with van der Waals surface area (Å²) in [6.07, 6.45) is 2.95. The van der Waals surface area contributed by atoms with Gasteiger partial charge in [0.05, 0.1) is 5.56 Å². The molecule has 0 radical (unpaired) electrons. The molecule has 90 valence electrons. The van der Waals surface area contributed by atoms with E-state index in [1.807, 2.05) is 19.9 Å². The average molecular weight is 234 g/mol. The molecule has 1 aromatic carbocycles. The van der Waals surface area contributed by atoms with Crippen LogP contribution in [0.3, 0.4) is 0 Å². The molecule has 17 heavy (non-hydrogen) atoms. The molecule has 0 saturated heterocycles. The maximum absolute atomic E-state index is 10.8. The van der Waals surface area contributed by atoms with E-state index in [1.165, 1.54) is 6.07 Å². The Hall–Kier alpha value is -2.10. The summed E-state index contributed by atoms with van der Waals surface area (Å²) in [4.78, 5) is 21.5. The van der Waals surface area contributed by atoms with E-state index in [-0.39, 0.29) is 28.2 Å². The van der Waals surface area contributed by atoms with E-state index in [0.717, 1.165) is 5.57 Å². The number of phenolic OH excluding ortho intramolecular Hbond substituents is 2. The molecule has 4 heteroatoms. The maximum atomic E-state index is 10.8. The fourth-order valence-electron chi connectivity index (χ4n) is 1.46. The number of allylic oxidation sites excluding steroid dienone is 2. The molecule has 1 rings (SSSR count). The van der Waals surface area contributed by atoms with E-state index in [9.17, 15) is 19.8 Å². The van der Waals surface area contributed by atoms with Gasteiger partial charge in [-0.2, -0.15) is 0 Å². The van der Waals surface area contributed by atoms with Crippen LogP contribution in [0.5, 0.6) is 11.5 Å². The predicted octanol–water partition coefficient (Wildman–Crippen LogP) is 2.23. The highest BCUT2D eigenvalue weighted by Gasteiger charge is 2.15. The van der Waals surface area contributed by atoms with E-state index in [1.54, 1.807) is 0 Å². The molecule has 0 unspecified atom stereocenters. The van der Waals surface area contributed by atoms with Gasteiger partial charge in [-0.05, 0) is 26.3 Å². The highest BCUT2D eigenvalue weighted by atomic mass is 16.3. The molecule has 0 bridgehead atoms. The van der Waals surface area contributed by atoms with Crippen LogP contribution in [-0.4, -0.2) is 22.8 Å². The monoisotopic (exact) mass is 234 g/mol. The van der Waals surface area contributed by atoms with Crippen LogP contribution < -0.4 is 0 Å². The van der Waals surface area contributed by atoms with Crippen LogP contribution in [0.25, 0.3) is 0 Å². The molecule has 0 saturated carbocycles. The van der Waals surface area contributed by atoms with Gasteiger partial charge >= 0.3 is 0 Å². The van der Waals surface area contributed by atoms with Crippen molar-refractivity contribution in [1.82, 2.24) is 0 Å². The highest BCUT2D eigenvalue weighted by molar-refractivity contribution is 5.94. The topological polar surface area (TPSA) is 74.6 Å². The summed E-state index contributed by atoms with van der Waals surface area (Å²) in [5.41, 5.74) is 1.17. The van der Waals surface area contributed by atoms with E-state index in [4.69, 9.17) is 0 Å². The minimum atomic E-state index is -0.334. The van der Waals surface area contributed by atoms with Crippen molar-refractivity contribution in [2.75, 3.05) is 0 Å². The summed E-state index contributed by atoms with van der Waals surface area (Å²) in [5, 5.41) is 19.5. The number of carbonyl (C=O) groups excluding carboxylic acids is 2. The average Bonchev–Trinajstić information content (AvgIpc) is 2.27. The second-order valence-corrected chi connectivity index (χ2v) is 3.95. The van der Waals surface area contributed by atoms with Crippen LogP contribution in [0.2, 0.25) is 0 Å². The fraction of sp³-hybridized carbons (Fsp3) is 0.231. The summed E-state index contributed by atoms with van der Waals surface area (Å²) in [6.45, 7) is 3.77. The number of phenols is 2. The second kappa shape index (κ2) is 5.30. The summed E-state index contributed by atoms with van der Waals surface area (Å²) in [5.74, 6) is -0.521. The Morgan fingerprint density at radius 1 is 1.24 bits per heavy atom. The predicted molar refractivity (Wildman–Crippen MR) is 63.7 cm³/mol. The van der Waals surface area contributed by atoms with Gasteiger partial charge in [0, 0.05) is 11.1 Å². The van der Waals surface area contributed by atoms with Crippen LogP contribution in [0, 0.1) is 0 Å². The van der Waals surface area contributed by atoms with Crippen LogP contribution in [0.15, 0.2) is 17.7 Å². The SMILES string of the molecule is CC(C)=CCc1c(O)cc(C=O)c(C=O)c1O. The van der Waals surface area contributed by atoms with Gasteiger partial charge in [0.1, 0.15) is 11.5 Å². The number of aromatic hydroxyl groups is 2. The molecular weight excluding hydrogens is 220 g/mol. The zero-order valence-corrected chi connectivity index (χ0v) is 9.73. The van der Waals surface area contributed by atoms with E-state index >= 15 is 0 Å². The van der Waals surface area contributed by atoms with Gasteiger partial charge in [0.15, 0.2) is 12.6 Å². The highest BCUT2D eigenvalue weighted by Crippen LogP contribution is 2.32. The molecule has 0 fully saturated rings. The van der Waals surface area contributed by atoms with Gasteiger partial charge in [0.25, 0.3) is 0 Å². The Bertz CT molecular complexity index is 483. The minimum Gasteiger partial charge on any atom is -0.507 e. The zero-order chi connectivity index (χ0) is 13.0. The first-order chi connectivity index (χ1) is 8.01. The lowest BCUT2D eigenvalue weighted by molar-refractivity contribution is 0.109. The third-order valence-electron chi connectivity index (χ3n) is 2.41. The van der Waals surface area contributed by atoms with Gasteiger partial charge in [-0.1, -0.05) is 11.6 Å². The van der Waals surface area contributed by atoms with E-state index in [0.29, 0.717) is 19.0 Å². The summed E-state index contributed by atoms with van der Waals surface area (Å²) >= 11 is 0. The summed E-state index contributed by atoms with van der Waals surface area (Å²) < 4.78 is 0. The second-order valence-electron chi connectivity index (χ2n) is 3.95. The van der Waals surface area contributed by atoms with Crippen molar-refractivity contribution in [3.05, 3.63) is 34.4 Å². The Kier molecular flexibility index (Phi) is 4.04. The van der Waals surface area contributed by atoms with Gasteiger partial charge in [0.2, 0.25) is 0 Å². The van der Waals surface area contributed by atoms with Gasteiger partial charge < -0.3 is 10.2 Å². The number of aldehydes is 2. The zero-order valence-electron chi connectivity index (χ0n) is 9.73. The standard InChI is InChI=1S/C13H14O4/c1-8(2)3-4-10-12(16)5-9(6-14)11(7-15)13(10)17/h3,5-7,16-17H,4H2,1-2H3. The number of rotatable bonds is 4. The van der Waals surface area contributed by atoms with Gasteiger partial charge in [-0.25, -0.2) is 0 Å². The molecule has 0 aliphatic rings. The van der Waals surface area contributed by atoms with Crippen LogP contribution in [0.4, 0.5) is 0 Å². The molecule has 0 spiro atoms. The van der Waals surface area contributed by atoms with Crippen molar-refractivity contribution in [2.24, 2.45) is 0 Å². The largest absolute Gasteiger partial charge is 0.507 e. The first kappa shape index (κ1) is 13.0. The third-order valence-corrected chi connectivity index (χ3v) is 2.41. The molecule has 0 aromatic heterocycles. The molecule has 1 aromatic rings. The van der Waals surface area contributed by atoms with E-state index in [2.05, 4.69) is 0 Å². The molecule has 4 nitrogen and oxygen atoms in total. The number of hydrogen-bond acceptors (Lipinski definition) is 4. The Morgan fingerprint density at radius 2 is 1.88 bits per heavy atom. The Morgan fingerprint density at radius 3 is 2.35 bits per heavy atom. The molecule has 0 aliphatic heterocycles. The van der Waals surface area contributed by atoms with Crippen LogP contribution in [-0.2, 0) is 6.42 Å². The van der Waals surface area contributed by atoms with Crippen molar-refractivity contribution >= 4 is 12.6 Å². The summed E-state index contributed by atoms with van der Waals surface area (Å²) in [6, 6.07) is 1.19. The lowest BCUT2D eigenvalue weighted by Crippen LogP contribution is -1.96. The number of hydrogen-bond donors (Lipinski definition) is 2. The molecule has 0 heterocycles. The molecule has 0 amide bonds. The molecule has 0 aliphatic carbocycles. The number of carbonyl (C=O) groups is 2. The minimum absolute atomic E-state index is 0.0176. The van der Waals surface area contributed by atoms with Crippen molar-refractivity contribution < 1.29 is 19.8 Å². The third kappa shape index (κ3) is 2.72. The van der Waals surface area contributed by atoms with Gasteiger partial charge in [-0.15, -0.1) is 0 Å². The summed E-state index contributed by atoms with van der Waals surface area (Å²) in [7, 11) is 0. The number of benzene rings is 1. The van der Waals surface area contributed by atoms with Crippen LogP contribution in [0.1, 0.15) is 40.1 Å². The quantitative estimate of drug-likeness (QED) is 0.618. The molecule has 0 atom stereocenters. The van der Waals surface area contributed by atoms with Crippen molar-refractivity contribution in [3.8, 4) is 11.5 Å².